The summed E-state index contributed by atoms with van der Waals surface area (Å²) < 4.78 is 2.92. The summed E-state index contributed by atoms with van der Waals surface area (Å²) in [7, 11) is 0. The zero-order valence-electron chi connectivity index (χ0n) is 5.91. The maximum Gasteiger partial charge on any atom is 0.0634 e. The van der Waals surface area contributed by atoms with E-state index in [-0.39, 0.29) is 19.3 Å². The first-order valence-electron chi connectivity index (χ1n) is 2.93. The third kappa shape index (κ3) is 5.37. The van der Waals surface area contributed by atoms with Gasteiger partial charge in [-0.15, -0.1) is 0 Å². The molecule has 0 radical (unpaired) electrons. The minimum atomic E-state index is -0.183. The van der Waals surface area contributed by atoms with Gasteiger partial charge in [-0.3, -0.25) is 4.72 Å². The standard InChI is InChI=1S/C5H13NO2S2/c1-9-4-10-6-5(2-7)3-8/h5-8H,2-4H2,1H3. The van der Waals surface area contributed by atoms with Crippen LogP contribution in [0.5, 0.6) is 0 Å². The van der Waals surface area contributed by atoms with Gasteiger partial charge in [0.15, 0.2) is 0 Å². The molecular weight excluding hydrogens is 170 g/mol. The van der Waals surface area contributed by atoms with Gasteiger partial charge in [0, 0.05) is 0 Å². The fourth-order valence-corrected chi connectivity index (χ4v) is 1.47. The Bertz CT molecular complexity index is 70.7. The molecule has 3 N–H and O–H groups in total. The fraction of sp³-hybridized carbons (Fsp3) is 1.00. The predicted octanol–water partition coefficient (Wildman–Crippen LogP) is -0.102. The Morgan fingerprint density at radius 2 is 2.00 bits per heavy atom. The first-order valence-corrected chi connectivity index (χ1v) is 5.31. The minimum Gasteiger partial charge on any atom is -0.395 e. The van der Waals surface area contributed by atoms with E-state index in [0.29, 0.717) is 0 Å². The Kier molecular flexibility index (Phi) is 8.13. The second-order valence-corrected chi connectivity index (χ2v) is 3.78. The Labute approximate surface area is 69.7 Å². The third-order valence-corrected chi connectivity index (χ3v) is 2.78. The van der Waals surface area contributed by atoms with Crippen LogP contribution in [0, 0.1) is 0 Å². The first kappa shape index (κ1) is 10.6. The molecule has 0 aliphatic heterocycles. The zero-order valence-corrected chi connectivity index (χ0v) is 7.54. The number of aliphatic hydroxyl groups is 2. The third-order valence-electron chi connectivity index (χ3n) is 0.868. The van der Waals surface area contributed by atoms with E-state index < -0.39 is 0 Å². The highest BCUT2D eigenvalue weighted by molar-refractivity contribution is 8.14. The van der Waals surface area contributed by atoms with Crippen LogP contribution in [-0.4, -0.2) is 40.8 Å². The van der Waals surface area contributed by atoms with E-state index in [0.717, 1.165) is 5.08 Å². The minimum absolute atomic E-state index is 0.0160. The molecule has 0 aromatic carbocycles. The molecule has 0 atom stereocenters. The summed E-state index contributed by atoms with van der Waals surface area (Å²) in [6, 6.07) is -0.183. The quantitative estimate of drug-likeness (QED) is 0.305. The van der Waals surface area contributed by atoms with E-state index in [1.807, 2.05) is 6.26 Å². The van der Waals surface area contributed by atoms with Gasteiger partial charge >= 0.3 is 0 Å². The molecule has 10 heavy (non-hydrogen) atoms. The van der Waals surface area contributed by atoms with Gasteiger partial charge in [0.25, 0.3) is 0 Å². The van der Waals surface area contributed by atoms with Crippen molar-refractivity contribution in [2.24, 2.45) is 0 Å². The number of rotatable bonds is 6. The van der Waals surface area contributed by atoms with E-state index in [2.05, 4.69) is 4.72 Å². The molecular formula is C5H13NO2S2. The summed E-state index contributed by atoms with van der Waals surface area (Å²) in [5, 5.41) is 18.1. The second-order valence-electron chi connectivity index (χ2n) is 1.73. The van der Waals surface area contributed by atoms with Gasteiger partial charge in [0.1, 0.15) is 0 Å². The maximum absolute atomic E-state index is 8.58. The van der Waals surface area contributed by atoms with Gasteiger partial charge in [0.05, 0.1) is 24.3 Å². The van der Waals surface area contributed by atoms with E-state index in [1.165, 1.54) is 11.9 Å². The lowest BCUT2D eigenvalue weighted by molar-refractivity contribution is 0.187. The molecule has 0 fully saturated rings. The van der Waals surface area contributed by atoms with Gasteiger partial charge in [-0.25, -0.2) is 0 Å². The van der Waals surface area contributed by atoms with Crippen LogP contribution in [0.15, 0.2) is 0 Å². The number of hydrogen-bond acceptors (Lipinski definition) is 5. The number of aliphatic hydroxyl groups excluding tert-OH is 2. The van der Waals surface area contributed by atoms with Gasteiger partial charge in [0.2, 0.25) is 0 Å². The number of nitrogens with one attached hydrogen (secondary N) is 1. The van der Waals surface area contributed by atoms with Crippen LogP contribution in [0.3, 0.4) is 0 Å². The predicted molar refractivity (Wildman–Crippen MR) is 47.1 cm³/mol. The molecule has 0 unspecified atom stereocenters. The Hall–Kier alpha value is 0.580. The van der Waals surface area contributed by atoms with E-state index in [9.17, 15) is 0 Å². The first-order chi connectivity index (χ1) is 4.85. The summed E-state index contributed by atoms with van der Waals surface area (Å²) >= 11 is 3.21. The van der Waals surface area contributed by atoms with Crippen molar-refractivity contribution < 1.29 is 10.2 Å². The monoisotopic (exact) mass is 183 g/mol. The highest BCUT2D eigenvalue weighted by Gasteiger charge is 2.02. The lowest BCUT2D eigenvalue weighted by Crippen LogP contribution is -2.30. The normalized spacial score (nSPS) is 10.8. The molecule has 0 bridgehead atoms. The number of thioether (sulfide) groups is 1. The van der Waals surface area contributed by atoms with Crippen LogP contribution in [-0.2, 0) is 0 Å². The number of hydrogen-bond donors (Lipinski definition) is 3. The Morgan fingerprint density at radius 3 is 2.40 bits per heavy atom. The van der Waals surface area contributed by atoms with Crippen LogP contribution in [0.4, 0.5) is 0 Å². The van der Waals surface area contributed by atoms with E-state index in [1.54, 1.807) is 11.8 Å². The molecule has 0 spiro atoms. The van der Waals surface area contributed by atoms with Gasteiger partial charge in [-0.2, -0.15) is 11.8 Å². The summed E-state index contributed by atoms with van der Waals surface area (Å²) in [4.78, 5) is 0. The summed E-state index contributed by atoms with van der Waals surface area (Å²) in [5.74, 6) is 0. The molecule has 62 valence electrons. The van der Waals surface area contributed by atoms with Crippen LogP contribution < -0.4 is 4.72 Å². The van der Waals surface area contributed by atoms with Gasteiger partial charge in [-0.05, 0) is 6.26 Å². The van der Waals surface area contributed by atoms with Crippen molar-refractivity contribution in [3.63, 3.8) is 0 Å². The largest absolute Gasteiger partial charge is 0.395 e. The highest BCUT2D eigenvalue weighted by Crippen LogP contribution is 2.04. The molecule has 0 heterocycles. The lowest BCUT2D eigenvalue weighted by Gasteiger charge is -2.10. The lowest BCUT2D eigenvalue weighted by atomic mass is 10.4. The fourth-order valence-electron chi connectivity index (χ4n) is 0.343. The highest BCUT2D eigenvalue weighted by atomic mass is 32.2. The van der Waals surface area contributed by atoms with Gasteiger partial charge < -0.3 is 10.2 Å². The molecule has 3 nitrogen and oxygen atoms in total. The van der Waals surface area contributed by atoms with Crippen molar-refractivity contribution in [1.82, 2.24) is 4.72 Å². The average molecular weight is 183 g/mol. The zero-order chi connectivity index (χ0) is 7.82. The van der Waals surface area contributed by atoms with Crippen molar-refractivity contribution in [2.45, 2.75) is 6.04 Å². The smallest absolute Gasteiger partial charge is 0.0634 e. The summed E-state index contributed by atoms with van der Waals surface area (Å²) in [6.45, 7) is -0.0320. The maximum atomic E-state index is 8.58. The van der Waals surface area contributed by atoms with Crippen molar-refractivity contribution in [2.75, 3.05) is 24.6 Å². The summed E-state index contributed by atoms with van der Waals surface area (Å²) in [5.41, 5.74) is 0. The molecule has 0 aromatic heterocycles. The van der Waals surface area contributed by atoms with Crippen LogP contribution in [0.2, 0.25) is 0 Å². The van der Waals surface area contributed by atoms with Crippen molar-refractivity contribution in [3.05, 3.63) is 0 Å². The molecule has 0 amide bonds. The Balaban J connectivity index is 3.09. The van der Waals surface area contributed by atoms with Crippen molar-refractivity contribution >= 4 is 23.7 Å². The molecule has 0 saturated heterocycles. The topological polar surface area (TPSA) is 52.5 Å². The second kappa shape index (κ2) is 7.68. The molecule has 0 aromatic rings. The van der Waals surface area contributed by atoms with Crippen molar-refractivity contribution in [1.29, 1.82) is 0 Å². The van der Waals surface area contributed by atoms with Crippen LogP contribution >= 0.6 is 23.7 Å². The molecule has 0 aliphatic carbocycles. The molecule has 0 saturated carbocycles. The molecule has 5 heteroatoms. The average Bonchev–Trinajstić information content (AvgIpc) is 1.99. The molecule has 0 rings (SSSR count). The van der Waals surface area contributed by atoms with Crippen LogP contribution in [0.25, 0.3) is 0 Å². The van der Waals surface area contributed by atoms with E-state index >= 15 is 0 Å². The van der Waals surface area contributed by atoms with Gasteiger partial charge in [-0.1, -0.05) is 11.9 Å². The van der Waals surface area contributed by atoms with Crippen molar-refractivity contribution in [3.8, 4) is 0 Å². The molecule has 0 aliphatic rings. The van der Waals surface area contributed by atoms with E-state index in [4.69, 9.17) is 10.2 Å². The Morgan fingerprint density at radius 1 is 1.40 bits per heavy atom. The summed E-state index contributed by atoms with van der Waals surface area (Å²) in [6.07, 6.45) is 2.00. The van der Waals surface area contributed by atoms with Crippen LogP contribution in [0.1, 0.15) is 0 Å². The SMILES string of the molecule is CSCSNC(CO)CO.